The fraction of sp³-hybridized carbons (Fsp3) is 0.500. The highest BCUT2D eigenvalue weighted by atomic mass is 16.4. The molecule has 1 N–H and O–H groups in total. The van der Waals surface area contributed by atoms with Gasteiger partial charge >= 0.3 is 0 Å². The Balaban J connectivity index is 2.24. The van der Waals surface area contributed by atoms with Gasteiger partial charge in [-0.1, -0.05) is 39.0 Å². The summed E-state index contributed by atoms with van der Waals surface area (Å²) in [6, 6.07) is 8.23. The number of nitrogens with zero attached hydrogens (tertiary/aromatic N) is 2. The first-order chi connectivity index (χ1) is 9.52. The summed E-state index contributed by atoms with van der Waals surface area (Å²) in [6.07, 6.45) is 1.81. The van der Waals surface area contributed by atoms with Crippen molar-refractivity contribution < 1.29 is 4.42 Å². The molecule has 4 heteroatoms. The number of hydrogen-bond acceptors (Lipinski definition) is 4. The highest BCUT2D eigenvalue weighted by Gasteiger charge is 2.21. The molecule has 20 heavy (non-hydrogen) atoms. The standard InChI is InChI=1S/C16H23N3O/c1-16(2,3)13-9-6-5-8-12(13)15-19-18-14(20-15)10-7-11-17-4/h5-6,8-9,17H,7,10-11H2,1-4H3. The van der Waals surface area contributed by atoms with Gasteiger partial charge in [0.2, 0.25) is 11.8 Å². The van der Waals surface area contributed by atoms with Gasteiger partial charge in [0, 0.05) is 12.0 Å². The van der Waals surface area contributed by atoms with Crippen LogP contribution in [-0.2, 0) is 11.8 Å². The summed E-state index contributed by atoms with van der Waals surface area (Å²) in [5.74, 6) is 1.33. The summed E-state index contributed by atoms with van der Waals surface area (Å²) < 4.78 is 5.80. The summed E-state index contributed by atoms with van der Waals surface area (Å²) in [5.41, 5.74) is 2.31. The van der Waals surface area contributed by atoms with Gasteiger partial charge in [0.25, 0.3) is 0 Å². The van der Waals surface area contributed by atoms with E-state index < -0.39 is 0 Å². The van der Waals surface area contributed by atoms with Gasteiger partial charge in [-0.25, -0.2) is 0 Å². The summed E-state index contributed by atoms with van der Waals surface area (Å²) in [6.45, 7) is 7.53. The molecule has 0 atom stereocenters. The predicted octanol–water partition coefficient (Wildman–Crippen LogP) is 3.19. The minimum absolute atomic E-state index is 0.0529. The van der Waals surface area contributed by atoms with Crippen LogP contribution in [0.25, 0.3) is 11.5 Å². The molecule has 0 bridgehead atoms. The lowest BCUT2D eigenvalue weighted by Gasteiger charge is -2.21. The van der Waals surface area contributed by atoms with Crippen molar-refractivity contribution >= 4 is 0 Å². The third kappa shape index (κ3) is 3.45. The first-order valence-corrected chi connectivity index (χ1v) is 7.09. The van der Waals surface area contributed by atoms with E-state index in [-0.39, 0.29) is 5.41 Å². The Morgan fingerprint density at radius 1 is 1.15 bits per heavy atom. The third-order valence-corrected chi connectivity index (χ3v) is 3.25. The summed E-state index contributed by atoms with van der Waals surface area (Å²) in [7, 11) is 1.94. The molecule has 0 aliphatic heterocycles. The van der Waals surface area contributed by atoms with Crippen LogP contribution in [0.1, 0.15) is 38.6 Å². The largest absolute Gasteiger partial charge is 0.421 e. The second kappa shape index (κ2) is 6.18. The fourth-order valence-electron chi connectivity index (χ4n) is 2.20. The van der Waals surface area contributed by atoms with Gasteiger partial charge in [0.15, 0.2) is 0 Å². The van der Waals surface area contributed by atoms with Crippen molar-refractivity contribution in [3.63, 3.8) is 0 Å². The van der Waals surface area contributed by atoms with Crippen LogP contribution in [-0.4, -0.2) is 23.8 Å². The molecule has 0 aliphatic carbocycles. The summed E-state index contributed by atoms with van der Waals surface area (Å²) in [5, 5.41) is 11.5. The number of hydrogen-bond donors (Lipinski definition) is 1. The first-order valence-electron chi connectivity index (χ1n) is 7.09. The Morgan fingerprint density at radius 3 is 2.60 bits per heavy atom. The minimum Gasteiger partial charge on any atom is -0.421 e. The average Bonchev–Trinajstić information content (AvgIpc) is 2.87. The molecule has 1 aromatic carbocycles. The van der Waals surface area contributed by atoms with Crippen LogP contribution < -0.4 is 5.32 Å². The molecule has 1 aromatic heterocycles. The van der Waals surface area contributed by atoms with Crippen LogP contribution in [0.15, 0.2) is 28.7 Å². The van der Waals surface area contributed by atoms with E-state index in [2.05, 4.69) is 42.4 Å². The van der Waals surface area contributed by atoms with Crippen molar-refractivity contribution in [1.29, 1.82) is 0 Å². The lowest BCUT2D eigenvalue weighted by atomic mass is 9.84. The zero-order valence-electron chi connectivity index (χ0n) is 12.7. The minimum atomic E-state index is 0.0529. The van der Waals surface area contributed by atoms with Crippen LogP contribution in [0.3, 0.4) is 0 Å². The van der Waals surface area contributed by atoms with Crippen LogP contribution in [0.4, 0.5) is 0 Å². The van der Waals surface area contributed by atoms with E-state index in [1.165, 1.54) is 5.56 Å². The molecule has 0 radical (unpaired) electrons. The van der Waals surface area contributed by atoms with E-state index in [0.717, 1.165) is 24.9 Å². The van der Waals surface area contributed by atoms with E-state index in [4.69, 9.17) is 4.42 Å². The van der Waals surface area contributed by atoms with Gasteiger partial charge in [-0.05, 0) is 37.1 Å². The highest BCUT2D eigenvalue weighted by Crippen LogP contribution is 2.32. The summed E-state index contributed by atoms with van der Waals surface area (Å²) >= 11 is 0. The molecule has 1 heterocycles. The maximum atomic E-state index is 5.80. The third-order valence-electron chi connectivity index (χ3n) is 3.25. The van der Waals surface area contributed by atoms with Crippen molar-refractivity contribution in [3.8, 4) is 11.5 Å². The number of nitrogens with one attached hydrogen (secondary N) is 1. The van der Waals surface area contributed by atoms with Gasteiger partial charge in [0.05, 0.1) is 0 Å². The maximum Gasteiger partial charge on any atom is 0.248 e. The van der Waals surface area contributed by atoms with Crippen LogP contribution >= 0.6 is 0 Å². The summed E-state index contributed by atoms with van der Waals surface area (Å²) in [4.78, 5) is 0. The van der Waals surface area contributed by atoms with E-state index in [0.29, 0.717) is 11.8 Å². The Hall–Kier alpha value is -1.68. The van der Waals surface area contributed by atoms with Crippen molar-refractivity contribution in [3.05, 3.63) is 35.7 Å². The molecule has 0 saturated heterocycles. The average molecular weight is 273 g/mol. The molecule has 2 rings (SSSR count). The zero-order valence-corrected chi connectivity index (χ0v) is 12.7. The SMILES string of the molecule is CNCCCc1nnc(-c2ccccc2C(C)(C)C)o1. The Morgan fingerprint density at radius 2 is 1.90 bits per heavy atom. The van der Waals surface area contributed by atoms with Crippen LogP contribution in [0, 0.1) is 0 Å². The smallest absolute Gasteiger partial charge is 0.248 e. The molecule has 2 aromatic rings. The number of benzene rings is 1. The molecule has 0 spiro atoms. The lowest BCUT2D eigenvalue weighted by Crippen LogP contribution is -2.12. The molecule has 0 saturated carbocycles. The Kier molecular flexibility index (Phi) is 4.55. The molecule has 0 fully saturated rings. The molecule has 4 nitrogen and oxygen atoms in total. The molecular weight excluding hydrogens is 250 g/mol. The molecule has 0 aliphatic rings. The topological polar surface area (TPSA) is 51.0 Å². The van der Waals surface area contributed by atoms with E-state index in [9.17, 15) is 0 Å². The van der Waals surface area contributed by atoms with Crippen molar-refractivity contribution in [2.75, 3.05) is 13.6 Å². The van der Waals surface area contributed by atoms with Gasteiger partial charge in [0.1, 0.15) is 0 Å². The lowest BCUT2D eigenvalue weighted by molar-refractivity contribution is 0.492. The molecule has 0 amide bonds. The Bertz CT molecular complexity index is 555. The highest BCUT2D eigenvalue weighted by molar-refractivity contribution is 5.60. The van der Waals surface area contributed by atoms with Crippen LogP contribution in [0.5, 0.6) is 0 Å². The first kappa shape index (κ1) is 14.7. The van der Waals surface area contributed by atoms with E-state index >= 15 is 0 Å². The molecular formula is C16H23N3O. The normalized spacial score (nSPS) is 11.8. The van der Waals surface area contributed by atoms with E-state index in [1.54, 1.807) is 0 Å². The van der Waals surface area contributed by atoms with Crippen molar-refractivity contribution in [2.45, 2.75) is 39.0 Å². The van der Waals surface area contributed by atoms with Gasteiger partial charge in [-0.2, -0.15) is 0 Å². The van der Waals surface area contributed by atoms with Crippen molar-refractivity contribution in [1.82, 2.24) is 15.5 Å². The predicted molar refractivity (Wildman–Crippen MR) is 80.7 cm³/mol. The van der Waals surface area contributed by atoms with E-state index in [1.807, 2.05) is 25.2 Å². The second-order valence-electron chi connectivity index (χ2n) is 6.00. The van der Waals surface area contributed by atoms with Gasteiger partial charge in [-0.3, -0.25) is 0 Å². The molecule has 108 valence electrons. The zero-order chi connectivity index (χ0) is 14.6. The van der Waals surface area contributed by atoms with Crippen molar-refractivity contribution in [2.24, 2.45) is 0 Å². The van der Waals surface area contributed by atoms with Crippen LogP contribution in [0.2, 0.25) is 0 Å². The molecule has 0 unspecified atom stereocenters. The fourth-order valence-corrected chi connectivity index (χ4v) is 2.20. The maximum absolute atomic E-state index is 5.80. The second-order valence-corrected chi connectivity index (χ2v) is 6.00. The monoisotopic (exact) mass is 273 g/mol. The quantitative estimate of drug-likeness (QED) is 0.850. The van der Waals surface area contributed by atoms with Gasteiger partial charge < -0.3 is 9.73 Å². The number of aromatic nitrogens is 2. The number of rotatable bonds is 5. The van der Waals surface area contributed by atoms with Gasteiger partial charge in [-0.15, -0.1) is 10.2 Å². The Labute approximate surface area is 120 Å². The number of aryl methyl sites for hydroxylation is 1.